The number of amides is 1. The molecule has 2 aromatic rings. The maximum absolute atomic E-state index is 11.9. The quantitative estimate of drug-likeness (QED) is 0.934. The maximum Gasteiger partial charge on any atom is 0.254 e. The summed E-state index contributed by atoms with van der Waals surface area (Å²) in [6.07, 6.45) is 4.17. The van der Waals surface area contributed by atoms with E-state index in [0.29, 0.717) is 10.6 Å². The maximum atomic E-state index is 11.9. The molecule has 0 aliphatic heterocycles. The lowest BCUT2D eigenvalue weighted by Crippen LogP contribution is -2.31. The first-order valence-corrected chi connectivity index (χ1v) is 6.59. The monoisotopic (exact) mass is 277 g/mol. The van der Waals surface area contributed by atoms with Crippen LogP contribution in [0.2, 0.25) is 5.02 Å². The van der Waals surface area contributed by atoms with E-state index < -0.39 is 0 Å². The highest BCUT2D eigenvalue weighted by atomic mass is 35.5. The SMILES string of the molecule is CC[C@@H](C)NC(=O)c1cnn(-c2ccc(Cl)cc2)c1. The van der Waals surface area contributed by atoms with E-state index >= 15 is 0 Å². The van der Waals surface area contributed by atoms with Gasteiger partial charge in [-0.15, -0.1) is 0 Å². The standard InChI is InChI=1S/C14H16ClN3O/c1-3-10(2)17-14(19)11-8-16-18(9-11)13-6-4-12(15)5-7-13/h4-10H,3H2,1-2H3,(H,17,19)/t10-/m1/s1. The van der Waals surface area contributed by atoms with Crippen LogP contribution in [0.5, 0.6) is 0 Å². The van der Waals surface area contributed by atoms with Crippen LogP contribution < -0.4 is 5.32 Å². The predicted octanol–water partition coefficient (Wildman–Crippen LogP) is 3.05. The number of halogens is 1. The minimum atomic E-state index is -0.102. The first-order valence-electron chi connectivity index (χ1n) is 6.21. The molecule has 0 spiro atoms. The van der Waals surface area contributed by atoms with Crippen LogP contribution in [0.1, 0.15) is 30.6 Å². The molecule has 100 valence electrons. The van der Waals surface area contributed by atoms with Gasteiger partial charge in [0, 0.05) is 17.3 Å². The molecular formula is C14H16ClN3O. The van der Waals surface area contributed by atoms with Crippen molar-refractivity contribution in [3.63, 3.8) is 0 Å². The van der Waals surface area contributed by atoms with E-state index in [2.05, 4.69) is 10.4 Å². The van der Waals surface area contributed by atoms with Gasteiger partial charge < -0.3 is 5.32 Å². The molecule has 0 aliphatic rings. The fraction of sp³-hybridized carbons (Fsp3) is 0.286. The summed E-state index contributed by atoms with van der Waals surface area (Å²) in [5.74, 6) is -0.102. The van der Waals surface area contributed by atoms with Crippen LogP contribution in [0.15, 0.2) is 36.7 Å². The molecule has 1 heterocycles. The lowest BCUT2D eigenvalue weighted by atomic mass is 10.2. The van der Waals surface area contributed by atoms with Crippen molar-refractivity contribution >= 4 is 17.5 Å². The molecule has 19 heavy (non-hydrogen) atoms. The first-order chi connectivity index (χ1) is 9.10. The molecule has 0 aliphatic carbocycles. The lowest BCUT2D eigenvalue weighted by molar-refractivity contribution is 0.0939. The van der Waals surface area contributed by atoms with Crippen LogP contribution in [0.4, 0.5) is 0 Å². The zero-order valence-electron chi connectivity index (χ0n) is 10.9. The van der Waals surface area contributed by atoms with Crippen molar-refractivity contribution in [3.05, 3.63) is 47.2 Å². The van der Waals surface area contributed by atoms with Gasteiger partial charge in [-0.2, -0.15) is 5.10 Å². The third-order valence-electron chi connectivity index (χ3n) is 2.93. The van der Waals surface area contributed by atoms with Crippen molar-refractivity contribution in [3.8, 4) is 5.69 Å². The van der Waals surface area contributed by atoms with Crippen molar-refractivity contribution in [2.75, 3.05) is 0 Å². The molecule has 0 unspecified atom stereocenters. The summed E-state index contributed by atoms with van der Waals surface area (Å²) in [5, 5.41) is 7.76. The van der Waals surface area contributed by atoms with Crippen LogP contribution in [-0.2, 0) is 0 Å². The number of nitrogens with zero attached hydrogens (tertiary/aromatic N) is 2. The smallest absolute Gasteiger partial charge is 0.254 e. The summed E-state index contributed by atoms with van der Waals surface area (Å²) in [4.78, 5) is 11.9. The Morgan fingerprint density at radius 1 is 1.42 bits per heavy atom. The van der Waals surface area contributed by atoms with Gasteiger partial charge in [0.05, 0.1) is 17.4 Å². The highest BCUT2D eigenvalue weighted by Gasteiger charge is 2.11. The van der Waals surface area contributed by atoms with Gasteiger partial charge in [-0.05, 0) is 37.6 Å². The van der Waals surface area contributed by atoms with Crippen molar-refractivity contribution in [1.82, 2.24) is 15.1 Å². The van der Waals surface area contributed by atoms with Crippen LogP contribution in [0.25, 0.3) is 5.69 Å². The Morgan fingerprint density at radius 2 is 2.11 bits per heavy atom. The number of rotatable bonds is 4. The molecular weight excluding hydrogens is 262 g/mol. The molecule has 1 aromatic carbocycles. The summed E-state index contributed by atoms with van der Waals surface area (Å²) >= 11 is 5.83. The van der Waals surface area contributed by atoms with Gasteiger partial charge in [-0.1, -0.05) is 18.5 Å². The number of carbonyl (C=O) groups is 1. The van der Waals surface area contributed by atoms with Gasteiger partial charge in [-0.25, -0.2) is 4.68 Å². The van der Waals surface area contributed by atoms with Crippen molar-refractivity contribution < 1.29 is 4.79 Å². The summed E-state index contributed by atoms with van der Waals surface area (Å²) in [5.41, 5.74) is 1.42. The number of carbonyl (C=O) groups excluding carboxylic acids is 1. The summed E-state index contributed by atoms with van der Waals surface area (Å²) < 4.78 is 1.65. The fourth-order valence-electron chi connectivity index (χ4n) is 1.58. The van der Waals surface area contributed by atoms with E-state index in [1.54, 1.807) is 29.2 Å². The van der Waals surface area contributed by atoms with E-state index in [9.17, 15) is 4.79 Å². The van der Waals surface area contributed by atoms with E-state index in [-0.39, 0.29) is 11.9 Å². The average molecular weight is 278 g/mol. The Labute approximate surface area is 117 Å². The van der Waals surface area contributed by atoms with E-state index in [4.69, 9.17) is 11.6 Å². The second kappa shape index (κ2) is 5.89. The molecule has 1 atom stereocenters. The molecule has 1 aromatic heterocycles. The minimum absolute atomic E-state index is 0.102. The van der Waals surface area contributed by atoms with Crippen LogP contribution in [-0.4, -0.2) is 21.7 Å². The largest absolute Gasteiger partial charge is 0.349 e. The van der Waals surface area contributed by atoms with Crippen LogP contribution >= 0.6 is 11.6 Å². The summed E-state index contributed by atoms with van der Waals surface area (Å²) in [6, 6.07) is 7.44. The number of aromatic nitrogens is 2. The van der Waals surface area contributed by atoms with Gasteiger partial charge in [0.2, 0.25) is 0 Å². The molecule has 0 fully saturated rings. The van der Waals surface area contributed by atoms with Gasteiger partial charge in [0.1, 0.15) is 0 Å². The second-order valence-electron chi connectivity index (χ2n) is 4.43. The van der Waals surface area contributed by atoms with E-state index in [1.165, 1.54) is 0 Å². The Kier molecular flexibility index (Phi) is 4.22. The van der Waals surface area contributed by atoms with Crippen LogP contribution in [0.3, 0.4) is 0 Å². The van der Waals surface area contributed by atoms with Gasteiger partial charge >= 0.3 is 0 Å². The molecule has 2 rings (SSSR count). The number of benzene rings is 1. The predicted molar refractivity (Wildman–Crippen MR) is 75.8 cm³/mol. The molecule has 1 N–H and O–H groups in total. The van der Waals surface area contributed by atoms with Gasteiger partial charge in [0.15, 0.2) is 0 Å². The normalized spacial score (nSPS) is 12.2. The fourth-order valence-corrected chi connectivity index (χ4v) is 1.71. The van der Waals surface area contributed by atoms with Crippen molar-refractivity contribution in [1.29, 1.82) is 0 Å². The molecule has 4 nitrogen and oxygen atoms in total. The lowest BCUT2D eigenvalue weighted by Gasteiger charge is -2.09. The minimum Gasteiger partial charge on any atom is -0.349 e. The summed E-state index contributed by atoms with van der Waals surface area (Å²) in [6.45, 7) is 4.00. The Morgan fingerprint density at radius 3 is 2.74 bits per heavy atom. The second-order valence-corrected chi connectivity index (χ2v) is 4.87. The highest BCUT2D eigenvalue weighted by Crippen LogP contribution is 2.13. The van der Waals surface area contributed by atoms with Crippen molar-refractivity contribution in [2.45, 2.75) is 26.3 Å². The topological polar surface area (TPSA) is 46.9 Å². The van der Waals surface area contributed by atoms with E-state index in [0.717, 1.165) is 12.1 Å². The summed E-state index contributed by atoms with van der Waals surface area (Å²) in [7, 11) is 0. The van der Waals surface area contributed by atoms with Gasteiger partial charge in [-0.3, -0.25) is 4.79 Å². The zero-order chi connectivity index (χ0) is 13.8. The Bertz CT molecular complexity index is 562. The molecule has 0 saturated heterocycles. The molecule has 1 amide bonds. The molecule has 0 radical (unpaired) electrons. The Hall–Kier alpha value is -1.81. The van der Waals surface area contributed by atoms with Crippen molar-refractivity contribution in [2.24, 2.45) is 0 Å². The zero-order valence-corrected chi connectivity index (χ0v) is 11.7. The van der Waals surface area contributed by atoms with Gasteiger partial charge in [0.25, 0.3) is 5.91 Å². The number of hydrogen-bond acceptors (Lipinski definition) is 2. The highest BCUT2D eigenvalue weighted by molar-refractivity contribution is 6.30. The average Bonchev–Trinajstić information content (AvgIpc) is 2.89. The number of nitrogens with one attached hydrogen (secondary N) is 1. The third-order valence-corrected chi connectivity index (χ3v) is 3.18. The number of hydrogen-bond donors (Lipinski definition) is 1. The Balaban J connectivity index is 2.15. The third kappa shape index (κ3) is 3.35. The van der Waals surface area contributed by atoms with Crippen LogP contribution in [0, 0.1) is 0 Å². The molecule has 0 saturated carbocycles. The molecule has 0 bridgehead atoms. The first kappa shape index (κ1) is 13.6. The molecule has 5 heteroatoms. The van der Waals surface area contributed by atoms with E-state index in [1.807, 2.05) is 26.0 Å².